The molecule has 2 aromatic carbocycles. The summed E-state index contributed by atoms with van der Waals surface area (Å²) < 4.78 is 81.4. The lowest BCUT2D eigenvalue weighted by Gasteiger charge is -2.34. The molecule has 0 unspecified atom stereocenters. The van der Waals surface area contributed by atoms with E-state index in [9.17, 15) is 31.1 Å². The molecule has 8 nitrogen and oxygen atoms in total. The molecule has 4 aromatic rings. The molecule has 1 aliphatic carbocycles. The molecule has 0 aliphatic heterocycles. The van der Waals surface area contributed by atoms with E-state index in [4.69, 9.17) is 10.7 Å². The Bertz CT molecular complexity index is 1720. The van der Waals surface area contributed by atoms with E-state index in [1.165, 1.54) is 4.68 Å². The molecule has 0 atom stereocenters. The molecule has 0 spiro atoms. The van der Waals surface area contributed by atoms with Crippen LogP contribution in [0.1, 0.15) is 61.8 Å². The highest BCUT2D eigenvalue weighted by Crippen LogP contribution is 2.37. The Morgan fingerprint density at radius 2 is 1.76 bits per heavy atom. The molecule has 1 saturated carbocycles. The number of nitrogens with two attached hydrogens (primary N) is 1. The summed E-state index contributed by atoms with van der Waals surface area (Å²) in [5.41, 5.74) is 5.79. The Morgan fingerprint density at radius 3 is 2.40 bits per heavy atom. The topological polar surface area (TPSA) is 111 Å². The number of fused-ring (bicyclic) bond motifs is 1. The Labute approximate surface area is 255 Å². The van der Waals surface area contributed by atoms with Gasteiger partial charge in [-0.25, -0.2) is 9.97 Å². The van der Waals surface area contributed by atoms with Gasteiger partial charge >= 0.3 is 12.4 Å². The average Bonchev–Trinajstić information content (AvgIpc) is 3.31. The Kier molecular flexibility index (Phi) is 8.55. The van der Waals surface area contributed by atoms with Gasteiger partial charge in [0.15, 0.2) is 5.82 Å². The highest BCUT2D eigenvalue weighted by atomic mass is 19.4. The fraction of sp³-hybridized carbons (Fsp3) is 0.419. The maximum absolute atomic E-state index is 13.5. The van der Waals surface area contributed by atoms with Gasteiger partial charge in [-0.15, -0.1) is 0 Å². The number of amides is 1. The molecule has 1 amide bonds. The van der Waals surface area contributed by atoms with Gasteiger partial charge in [-0.2, -0.15) is 31.4 Å². The zero-order valence-corrected chi connectivity index (χ0v) is 24.9. The maximum atomic E-state index is 13.5. The zero-order chi connectivity index (χ0) is 32.7. The lowest BCUT2D eigenvalue weighted by molar-refractivity contribution is -0.142. The van der Waals surface area contributed by atoms with Gasteiger partial charge in [-0.05, 0) is 80.5 Å². The van der Waals surface area contributed by atoms with Gasteiger partial charge in [0, 0.05) is 41.8 Å². The maximum Gasteiger partial charge on any atom is 0.416 e. The molecule has 2 heterocycles. The first-order chi connectivity index (χ1) is 21.0. The fourth-order valence-corrected chi connectivity index (χ4v) is 5.66. The number of aryl methyl sites for hydroxylation is 2. The number of aromatic nitrogens is 4. The molecule has 2 aromatic heterocycles. The van der Waals surface area contributed by atoms with Gasteiger partial charge in [0.1, 0.15) is 0 Å². The van der Waals surface area contributed by atoms with E-state index in [2.05, 4.69) is 27.6 Å². The van der Waals surface area contributed by atoms with Gasteiger partial charge in [-0.1, -0.05) is 6.92 Å². The normalized spacial score (nSPS) is 19.1. The molecule has 0 bridgehead atoms. The quantitative estimate of drug-likeness (QED) is 0.191. The third-order valence-corrected chi connectivity index (χ3v) is 8.14. The summed E-state index contributed by atoms with van der Waals surface area (Å²) in [5.74, 6) is -0.372. The predicted molar refractivity (Wildman–Crippen MR) is 158 cm³/mol. The van der Waals surface area contributed by atoms with Gasteiger partial charge in [0.2, 0.25) is 11.9 Å². The summed E-state index contributed by atoms with van der Waals surface area (Å²) in [6.45, 7) is 4.06. The van der Waals surface area contributed by atoms with Crippen LogP contribution in [0.4, 0.5) is 38.1 Å². The summed E-state index contributed by atoms with van der Waals surface area (Å²) in [6, 6.07) is 6.63. The van der Waals surface area contributed by atoms with Crippen molar-refractivity contribution < 1.29 is 31.1 Å². The second-order valence-electron chi connectivity index (χ2n) is 11.8. The lowest BCUT2D eigenvalue weighted by atomic mass is 9.82. The first kappa shape index (κ1) is 32.2. The molecule has 1 aliphatic rings. The molecular formula is C31H33F6N7O. The molecule has 0 radical (unpaired) electrons. The zero-order valence-electron chi connectivity index (χ0n) is 24.9. The number of benzene rings is 2. The minimum Gasteiger partial charge on any atom is -0.351 e. The minimum atomic E-state index is -4.94. The smallest absolute Gasteiger partial charge is 0.351 e. The predicted octanol–water partition coefficient (Wildman–Crippen LogP) is 6.88. The van der Waals surface area contributed by atoms with Crippen LogP contribution in [0, 0.1) is 0 Å². The van der Waals surface area contributed by atoms with E-state index in [1.807, 2.05) is 19.1 Å². The number of anilines is 2. The Hall–Kier alpha value is -4.20. The number of alkyl halides is 6. The highest BCUT2D eigenvalue weighted by Gasteiger charge is 2.37. The SMILES string of the molecule is CCc1cc(-c2cc(NC(=O)Cc3cc(C(F)(F)F)ccc3C(F)(F)F)nn2C)cc2cnc(NC3CCC(C)(N)CC3)nc12. The van der Waals surface area contributed by atoms with Crippen molar-refractivity contribution in [3.05, 3.63) is 64.8 Å². The van der Waals surface area contributed by atoms with Crippen molar-refractivity contribution in [3.8, 4) is 11.3 Å². The molecule has 14 heteroatoms. The van der Waals surface area contributed by atoms with E-state index < -0.39 is 41.4 Å². The van der Waals surface area contributed by atoms with E-state index in [0.29, 0.717) is 36.3 Å². The number of carbonyl (C=O) groups excluding carboxylic acids is 1. The number of nitrogens with one attached hydrogen (secondary N) is 2. The van der Waals surface area contributed by atoms with E-state index in [0.717, 1.165) is 47.7 Å². The molecular weight excluding hydrogens is 600 g/mol. The van der Waals surface area contributed by atoms with Crippen molar-refractivity contribution >= 4 is 28.6 Å². The highest BCUT2D eigenvalue weighted by molar-refractivity contribution is 5.93. The van der Waals surface area contributed by atoms with Crippen molar-refractivity contribution in [2.45, 2.75) is 76.3 Å². The number of hydrogen-bond donors (Lipinski definition) is 3. The summed E-state index contributed by atoms with van der Waals surface area (Å²) in [6.07, 6.45) is -4.66. The molecule has 0 saturated heterocycles. The van der Waals surface area contributed by atoms with Crippen LogP contribution in [0.3, 0.4) is 0 Å². The van der Waals surface area contributed by atoms with Crippen LogP contribution in [0.2, 0.25) is 0 Å². The Balaban J connectivity index is 1.36. The van der Waals surface area contributed by atoms with Crippen LogP contribution in [0.25, 0.3) is 22.2 Å². The van der Waals surface area contributed by atoms with Gasteiger partial charge in [-0.3, -0.25) is 9.48 Å². The molecule has 5 rings (SSSR count). The molecule has 1 fully saturated rings. The van der Waals surface area contributed by atoms with Gasteiger partial charge in [0.05, 0.1) is 28.8 Å². The number of halogens is 6. The number of hydrogen-bond acceptors (Lipinski definition) is 6. The second kappa shape index (κ2) is 12.0. The van der Waals surface area contributed by atoms with E-state index in [-0.39, 0.29) is 17.4 Å². The fourth-order valence-electron chi connectivity index (χ4n) is 5.66. The summed E-state index contributed by atoms with van der Waals surface area (Å²) in [5, 5.41) is 10.9. The summed E-state index contributed by atoms with van der Waals surface area (Å²) >= 11 is 0. The van der Waals surface area contributed by atoms with Crippen molar-refractivity contribution in [2.24, 2.45) is 12.8 Å². The first-order valence-electron chi connectivity index (χ1n) is 14.5. The standard InChI is InChI=1S/C31H33F6N7O/c1-4-17-11-19(12-20-16-39-28(42-27(17)20)40-22-7-9-29(2,38)10-8-22)24-15-25(43-44(24)3)41-26(45)14-18-13-21(30(32,33)34)5-6-23(18)31(35,36)37/h5-6,11-13,15-16,22H,4,7-10,14,38H2,1-3H3,(H,39,40,42)(H,41,43,45). The van der Waals surface area contributed by atoms with Crippen LogP contribution in [-0.4, -0.2) is 37.2 Å². The lowest BCUT2D eigenvalue weighted by Crippen LogP contribution is -2.43. The van der Waals surface area contributed by atoms with Crippen LogP contribution >= 0.6 is 0 Å². The molecule has 45 heavy (non-hydrogen) atoms. The minimum absolute atomic E-state index is 0.0352. The van der Waals surface area contributed by atoms with Gasteiger partial charge in [0.25, 0.3) is 0 Å². The van der Waals surface area contributed by atoms with Crippen molar-refractivity contribution in [2.75, 3.05) is 10.6 Å². The van der Waals surface area contributed by atoms with Crippen LogP contribution in [0.15, 0.2) is 42.6 Å². The summed E-state index contributed by atoms with van der Waals surface area (Å²) in [4.78, 5) is 22.0. The van der Waals surface area contributed by atoms with Crippen LogP contribution in [-0.2, 0) is 37.0 Å². The summed E-state index contributed by atoms with van der Waals surface area (Å²) in [7, 11) is 1.63. The Morgan fingerprint density at radius 1 is 1.04 bits per heavy atom. The monoisotopic (exact) mass is 633 g/mol. The third-order valence-electron chi connectivity index (χ3n) is 8.14. The number of carbonyl (C=O) groups is 1. The third kappa shape index (κ3) is 7.38. The second-order valence-corrected chi connectivity index (χ2v) is 11.8. The van der Waals surface area contributed by atoms with E-state index >= 15 is 0 Å². The molecule has 4 N–H and O–H groups in total. The first-order valence-corrected chi connectivity index (χ1v) is 14.5. The van der Waals surface area contributed by atoms with Crippen LogP contribution < -0.4 is 16.4 Å². The number of rotatable bonds is 7. The van der Waals surface area contributed by atoms with Crippen LogP contribution in [0.5, 0.6) is 0 Å². The number of nitrogens with zero attached hydrogens (tertiary/aromatic N) is 4. The van der Waals surface area contributed by atoms with Crippen molar-refractivity contribution in [1.82, 2.24) is 19.7 Å². The average molecular weight is 634 g/mol. The van der Waals surface area contributed by atoms with Gasteiger partial charge < -0.3 is 16.4 Å². The van der Waals surface area contributed by atoms with Crippen molar-refractivity contribution in [3.63, 3.8) is 0 Å². The molecule has 240 valence electrons. The van der Waals surface area contributed by atoms with Crippen molar-refractivity contribution in [1.29, 1.82) is 0 Å². The van der Waals surface area contributed by atoms with E-state index in [1.54, 1.807) is 19.3 Å². The largest absolute Gasteiger partial charge is 0.416 e.